The molecule has 4 rings (SSSR count). The average molecular weight is 539 g/mol. The lowest BCUT2D eigenvalue weighted by molar-refractivity contribution is -0.151. The fraction of sp³-hybridized carbons (Fsp3) is 0.867. The smallest absolute Gasteiger partial charge is 0.390 e. The van der Waals surface area contributed by atoms with Crippen molar-refractivity contribution in [1.29, 1.82) is 0 Å². The third kappa shape index (κ3) is 4.90. The second kappa shape index (κ2) is 9.72. The van der Waals surface area contributed by atoms with E-state index in [0.29, 0.717) is 30.1 Å². The monoisotopic (exact) mass is 538 g/mol. The minimum absolute atomic E-state index is 0.0195. The van der Waals surface area contributed by atoms with E-state index in [4.69, 9.17) is 4.18 Å². The van der Waals surface area contributed by atoms with Crippen LogP contribution in [0.2, 0.25) is 0 Å². The Morgan fingerprint density at radius 2 is 1.73 bits per heavy atom. The highest BCUT2D eigenvalue weighted by Crippen LogP contribution is 2.68. The van der Waals surface area contributed by atoms with Crippen molar-refractivity contribution < 1.29 is 27.4 Å². The van der Waals surface area contributed by atoms with Crippen molar-refractivity contribution in [3.63, 3.8) is 0 Å². The molecule has 0 aliphatic heterocycles. The quantitative estimate of drug-likeness (QED) is 0.267. The molecule has 0 saturated heterocycles. The molecule has 9 unspecified atom stereocenters. The SMILES string of the molecule is C=C(CCC(C)C1CCC2C3=C(C(O)CC21C)C1(C)CC(O)C(OS(=O)(=O)O)C(C)(C)C1CC3)C(C)C. The van der Waals surface area contributed by atoms with Crippen molar-refractivity contribution in [2.75, 3.05) is 0 Å². The van der Waals surface area contributed by atoms with E-state index in [1.165, 1.54) is 17.6 Å². The Bertz CT molecular complexity index is 1040. The number of fused-ring (bicyclic) bond motifs is 4. The lowest BCUT2D eigenvalue weighted by atomic mass is 9.45. The summed E-state index contributed by atoms with van der Waals surface area (Å²) < 4.78 is 37.6. The summed E-state index contributed by atoms with van der Waals surface area (Å²) in [5, 5.41) is 22.9. The van der Waals surface area contributed by atoms with Gasteiger partial charge in [0.05, 0.1) is 12.2 Å². The Morgan fingerprint density at radius 1 is 1.08 bits per heavy atom. The van der Waals surface area contributed by atoms with Crippen LogP contribution in [0.3, 0.4) is 0 Å². The summed E-state index contributed by atoms with van der Waals surface area (Å²) >= 11 is 0. The van der Waals surface area contributed by atoms with Crippen LogP contribution in [0, 0.1) is 45.8 Å². The summed E-state index contributed by atoms with van der Waals surface area (Å²) in [4.78, 5) is 0. The third-order valence-corrected chi connectivity index (χ3v) is 11.9. The van der Waals surface area contributed by atoms with Gasteiger partial charge in [0.1, 0.15) is 6.10 Å². The molecule has 9 atom stereocenters. The Morgan fingerprint density at radius 3 is 2.32 bits per heavy atom. The van der Waals surface area contributed by atoms with E-state index >= 15 is 0 Å². The van der Waals surface area contributed by atoms with Gasteiger partial charge in [-0.15, -0.1) is 0 Å². The van der Waals surface area contributed by atoms with Gasteiger partial charge in [-0.3, -0.25) is 4.55 Å². The molecule has 6 nitrogen and oxygen atoms in total. The third-order valence-electron chi connectivity index (χ3n) is 11.5. The summed E-state index contributed by atoms with van der Waals surface area (Å²) in [6.07, 6.45) is 4.67. The first-order valence-electron chi connectivity index (χ1n) is 14.4. The van der Waals surface area contributed by atoms with Crippen LogP contribution in [-0.4, -0.2) is 41.5 Å². The van der Waals surface area contributed by atoms with Crippen LogP contribution in [-0.2, 0) is 14.6 Å². The van der Waals surface area contributed by atoms with Crippen molar-refractivity contribution in [3.8, 4) is 0 Å². The molecule has 0 radical (unpaired) electrons. The number of aliphatic hydroxyl groups excluding tert-OH is 2. The molecule has 4 aliphatic carbocycles. The van der Waals surface area contributed by atoms with Gasteiger partial charge < -0.3 is 10.2 Å². The Balaban J connectivity index is 1.64. The first-order chi connectivity index (χ1) is 16.9. The average Bonchev–Trinajstić information content (AvgIpc) is 3.10. The van der Waals surface area contributed by atoms with Gasteiger partial charge in [-0.25, -0.2) is 4.18 Å². The first-order valence-corrected chi connectivity index (χ1v) is 15.7. The molecule has 0 bridgehead atoms. The van der Waals surface area contributed by atoms with Gasteiger partial charge in [-0.05, 0) is 103 Å². The van der Waals surface area contributed by atoms with E-state index in [2.05, 4.69) is 41.2 Å². The maximum absolute atomic E-state index is 11.8. The van der Waals surface area contributed by atoms with E-state index in [0.717, 1.165) is 44.1 Å². The van der Waals surface area contributed by atoms with Gasteiger partial charge in [0, 0.05) is 0 Å². The second-order valence-corrected chi connectivity index (χ2v) is 15.3. The molecule has 37 heavy (non-hydrogen) atoms. The number of rotatable bonds is 7. The zero-order chi connectivity index (χ0) is 27.7. The maximum Gasteiger partial charge on any atom is 0.397 e. The van der Waals surface area contributed by atoms with Gasteiger partial charge in [0.15, 0.2) is 0 Å². The van der Waals surface area contributed by atoms with Crippen LogP contribution in [0.5, 0.6) is 0 Å². The Hall–Kier alpha value is -0.730. The van der Waals surface area contributed by atoms with E-state index in [1.807, 2.05) is 13.8 Å². The number of hydrogen-bond acceptors (Lipinski definition) is 5. The van der Waals surface area contributed by atoms with E-state index in [-0.39, 0.29) is 11.3 Å². The van der Waals surface area contributed by atoms with Crippen LogP contribution < -0.4 is 0 Å². The highest BCUT2D eigenvalue weighted by molar-refractivity contribution is 7.80. The van der Waals surface area contributed by atoms with Crippen molar-refractivity contribution in [2.24, 2.45) is 45.8 Å². The summed E-state index contributed by atoms with van der Waals surface area (Å²) in [5.74, 6) is 2.10. The molecular weight excluding hydrogens is 488 g/mol. The van der Waals surface area contributed by atoms with E-state index in [9.17, 15) is 23.2 Å². The Kier molecular flexibility index (Phi) is 7.69. The summed E-state index contributed by atoms with van der Waals surface area (Å²) in [7, 11) is -4.70. The topological polar surface area (TPSA) is 104 Å². The highest BCUT2D eigenvalue weighted by atomic mass is 32.3. The van der Waals surface area contributed by atoms with Gasteiger partial charge >= 0.3 is 10.4 Å². The van der Waals surface area contributed by atoms with Gasteiger partial charge in [-0.2, -0.15) is 8.42 Å². The molecule has 2 fully saturated rings. The summed E-state index contributed by atoms with van der Waals surface area (Å²) in [5.41, 5.74) is 2.73. The maximum atomic E-state index is 11.8. The summed E-state index contributed by atoms with van der Waals surface area (Å²) in [6, 6.07) is 0. The standard InChI is InChI=1S/C30H50O6S/c1-17(2)18(3)9-10-19(4)21-12-13-22-20-11-14-25-28(5,6)27(36-37(33,34)35)24(32)16-30(25,8)26(20)23(31)15-29(21,22)7/h17,19,21-25,27,31-32H,3,9-16H2,1-2,4-8H3,(H,33,34,35). The van der Waals surface area contributed by atoms with Crippen molar-refractivity contribution in [3.05, 3.63) is 23.3 Å². The minimum Gasteiger partial charge on any atom is -0.390 e. The fourth-order valence-electron chi connectivity index (χ4n) is 9.75. The van der Waals surface area contributed by atoms with Crippen LogP contribution >= 0.6 is 0 Å². The molecule has 0 spiro atoms. The molecule has 7 heteroatoms. The van der Waals surface area contributed by atoms with Gasteiger partial charge in [0.2, 0.25) is 0 Å². The first kappa shape index (κ1) is 29.3. The largest absolute Gasteiger partial charge is 0.397 e. The molecule has 4 aliphatic rings. The van der Waals surface area contributed by atoms with Crippen LogP contribution in [0.15, 0.2) is 23.3 Å². The predicted molar refractivity (Wildman–Crippen MR) is 146 cm³/mol. The van der Waals surface area contributed by atoms with Gasteiger partial charge in [0.25, 0.3) is 0 Å². The van der Waals surface area contributed by atoms with E-state index in [1.54, 1.807) is 0 Å². The number of allylic oxidation sites excluding steroid dienone is 2. The molecule has 3 N–H and O–H groups in total. The van der Waals surface area contributed by atoms with Crippen molar-refractivity contribution in [1.82, 2.24) is 0 Å². The van der Waals surface area contributed by atoms with Crippen LogP contribution in [0.4, 0.5) is 0 Å². The second-order valence-electron chi connectivity index (χ2n) is 14.3. The zero-order valence-corrected chi connectivity index (χ0v) is 24.8. The molecule has 212 valence electrons. The minimum atomic E-state index is -4.70. The number of aliphatic hydroxyl groups is 2. The molecule has 0 amide bonds. The van der Waals surface area contributed by atoms with Crippen LogP contribution in [0.1, 0.15) is 99.8 Å². The normalized spacial score (nSPS) is 42.2. The molecule has 0 aromatic heterocycles. The Labute approximate surface area is 224 Å². The molecular formula is C30H50O6S. The molecule has 0 aromatic carbocycles. The summed E-state index contributed by atoms with van der Waals surface area (Å²) in [6.45, 7) is 19.5. The number of hydrogen-bond donors (Lipinski definition) is 3. The van der Waals surface area contributed by atoms with Crippen molar-refractivity contribution >= 4 is 10.4 Å². The predicted octanol–water partition coefficient (Wildman–Crippen LogP) is 6.10. The zero-order valence-electron chi connectivity index (χ0n) is 24.0. The molecule has 2 saturated carbocycles. The lowest BCUT2D eigenvalue weighted by Crippen LogP contribution is -2.61. The molecule has 0 heterocycles. The fourth-order valence-corrected chi connectivity index (χ4v) is 10.4. The highest BCUT2D eigenvalue weighted by Gasteiger charge is 2.63. The molecule has 0 aromatic rings. The lowest BCUT2D eigenvalue weighted by Gasteiger charge is -2.62. The van der Waals surface area contributed by atoms with Gasteiger partial charge in [-0.1, -0.05) is 66.2 Å². The van der Waals surface area contributed by atoms with Crippen molar-refractivity contribution in [2.45, 2.75) is 118 Å². The van der Waals surface area contributed by atoms with E-state index < -0.39 is 39.5 Å². The van der Waals surface area contributed by atoms with Crippen LogP contribution in [0.25, 0.3) is 0 Å².